The van der Waals surface area contributed by atoms with Crippen LogP contribution in [-0.2, 0) is 6.54 Å². The van der Waals surface area contributed by atoms with Crippen LogP contribution in [-0.4, -0.2) is 58.1 Å². The van der Waals surface area contributed by atoms with Gasteiger partial charge in [0.1, 0.15) is 0 Å². The van der Waals surface area contributed by atoms with Crippen molar-refractivity contribution in [2.75, 3.05) is 62.0 Å². The van der Waals surface area contributed by atoms with Gasteiger partial charge in [-0.15, -0.1) is 0 Å². The van der Waals surface area contributed by atoms with Gasteiger partial charge in [0.2, 0.25) is 0 Å². The third-order valence-corrected chi connectivity index (χ3v) is 6.07. The summed E-state index contributed by atoms with van der Waals surface area (Å²) in [5.41, 5.74) is 5.67. The lowest BCUT2D eigenvalue weighted by Crippen LogP contribution is -2.48. The van der Waals surface area contributed by atoms with Crippen LogP contribution in [0.3, 0.4) is 0 Å². The second-order valence-electron chi connectivity index (χ2n) is 8.55. The summed E-state index contributed by atoms with van der Waals surface area (Å²) in [5.74, 6) is 0.122. The quantitative estimate of drug-likeness (QED) is 0.584. The molecule has 3 aromatic carbocycles. The normalized spacial score (nSPS) is 13.7. The molecule has 32 heavy (non-hydrogen) atoms. The molecule has 1 amide bonds. The van der Waals surface area contributed by atoms with Crippen molar-refractivity contribution >= 4 is 23.0 Å². The Labute approximate surface area is 191 Å². The van der Waals surface area contributed by atoms with E-state index >= 15 is 0 Å². The van der Waals surface area contributed by atoms with E-state index in [1.165, 1.54) is 22.6 Å². The van der Waals surface area contributed by atoms with Gasteiger partial charge in [0, 0.05) is 65.1 Å². The molecule has 5 nitrogen and oxygen atoms in total. The molecular weight excluding hydrogens is 396 g/mol. The van der Waals surface area contributed by atoms with Crippen LogP contribution in [0.2, 0.25) is 0 Å². The molecule has 5 heteroatoms. The third-order valence-electron chi connectivity index (χ3n) is 6.07. The van der Waals surface area contributed by atoms with Gasteiger partial charge < -0.3 is 19.6 Å². The molecule has 4 rings (SSSR count). The topological polar surface area (TPSA) is 30.0 Å². The molecule has 1 saturated heterocycles. The molecule has 1 heterocycles. The highest BCUT2D eigenvalue weighted by atomic mass is 16.2. The van der Waals surface area contributed by atoms with E-state index in [1.54, 1.807) is 0 Å². The number of carbonyl (C=O) groups is 1. The zero-order valence-electron chi connectivity index (χ0n) is 19.2. The average molecular weight is 429 g/mol. The predicted octanol–water partition coefficient (Wildman–Crippen LogP) is 4.35. The summed E-state index contributed by atoms with van der Waals surface area (Å²) in [4.78, 5) is 21.6. The SMILES string of the molecule is CN(C)c1ccc(N2CCN(C(=O)c3ccccc3)CC2)cc1N(C)Cc1ccccc1. The molecule has 0 aliphatic carbocycles. The lowest BCUT2D eigenvalue weighted by molar-refractivity contribution is 0.0747. The van der Waals surface area contributed by atoms with Gasteiger partial charge in [-0.25, -0.2) is 0 Å². The van der Waals surface area contributed by atoms with Gasteiger partial charge in [0.05, 0.1) is 11.4 Å². The van der Waals surface area contributed by atoms with Crippen LogP contribution in [0.5, 0.6) is 0 Å². The fraction of sp³-hybridized carbons (Fsp3) is 0.296. The smallest absolute Gasteiger partial charge is 0.253 e. The molecule has 3 aromatic rings. The monoisotopic (exact) mass is 428 g/mol. The molecule has 0 bridgehead atoms. The Balaban J connectivity index is 1.48. The molecule has 0 aromatic heterocycles. The van der Waals surface area contributed by atoms with Crippen LogP contribution in [0.4, 0.5) is 17.1 Å². The van der Waals surface area contributed by atoms with Gasteiger partial charge in [-0.2, -0.15) is 0 Å². The minimum atomic E-state index is 0.122. The highest BCUT2D eigenvalue weighted by Gasteiger charge is 2.23. The van der Waals surface area contributed by atoms with Crippen molar-refractivity contribution in [2.24, 2.45) is 0 Å². The number of rotatable bonds is 6. The predicted molar refractivity (Wildman–Crippen MR) is 134 cm³/mol. The second kappa shape index (κ2) is 9.77. The molecule has 0 spiro atoms. The third kappa shape index (κ3) is 4.88. The van der Waals surface area contributed by atoms with E-state index in [2.05, 4.69) is 84.4 Å². The minimum absolute atomic E-state index is 0.122. The first kappa shape index (κ1) is 21.8. The number of anilines is 3. The summed E-state index contributed by atoms with van der Waals surface area (Å²) in [7, 11) is 6.32. The van der Waals surface area contributed by atoms with Gasteiger partial charge in [-0.1, -0.05) is 48.5 Å². The summed E-state index contributed by atoms with van der Waals surface area (Å²) in [6.07, 6.45) is 0. The molecule has 0 unspecified atom stereocenters. The van der Waals surface area contributed by atoms with E-state index in [4.69, 9.17) is 0 Å². The number of piperazine rings is 1. The van der Waals surface area contributed by atoms with Gasteiger partial charge in [0.15, 0.2) is 0 Å². The Kier molecular flexibility index (Phi) is 6.64. The van der Waals surface area contributed by atoms with Gasteiger partial charge in [-0.3, -0.25) is 4.79 Å². The maximum Gasteiger partial charge on any atom is 0.253 e. The van der Waals surface area contributed by atoms with E-state index in [1.807, 2.05) is 35.2 Å². The molecule has 0 N–H and O–H groups in total. The maximum atomic E-state index is 12.8. The van der Waals surface area contributed by atoms with Crippen LogP contribution >= 0.6 is 0 Å². The Morgan fingerprint density at radius 3 is 2.03 bits per heavy atom. The summed E-state index contributed by atoms with van der Waals surface area (Å²) in [6.45, 7) is 3.99. The first-order valence-electron chi connectivity index (χ1n) is 11.2. The molecule has 0 atom stereocenters. The number of hydrogen-bond acceptors (Lipinski definition) is 4. The van der Waals surface area contributed by atoms with Gasteiger partial charge >= 0.3 is 0 Å². The summed E-state index contributed by atoms with van der Waals surface area (Å²) >= 11 is 0. The summed E-state index contributed by atoms with van der Waals surface area (Å²) in [5, 5.41) is 0. The molecular formula is C27H32N4O. The van der Waals surface area contributed by atoms with Crippen LogP contribution in [0, 0.1) is 0 Å². The van der Waals surface area contributed by atoms with Crippen LogP contribution in [0.1, 0.15) is 15.9 Å². The zero-order valence-corrected chi connectivity index (χ0v) is 19.2. The minimum Gasteiger partial charge on any atom is -0.376 e. The molecule has 1 aliphatic heterocycles. The van der Waals surface area contributed by atoms with Crippen molar-refractivity contribution in [2.45, 2.75) is 6.54 Å². The van der Waals surface area contributed by atoms with Crippen LogP contribution in [0.15, 0.2) is 78.9 Å². The van der Waals surface area contributed by atoms with Crippen molar-refractivity contribution in [3.8, 4) is 0 Å². The standard InChI is InChI=1S/C27H32N4O/c1-28(2)25-15-14-24(20-26(25)29(3)21-22-10-6-4-7-11-22)30-16-18-31(19-17-30)27(32)23-12-8-5-9-13-23/h4-15,20H,16-19,21H2,1-3H3. The van der Waals surface area contributed by atoms with Gasteiger partial charge in [-0.05, 0) is 35.9 Å². The van der Waals surface area contributed by atoms with E-state index < -0.39 is 0 Å². The Bertz CT molecular complexity index is 1030. The average Bonchev–Trinajstić information content (AvgIpc) is 2.84. The van der Waals surface area contributed by atoms with Crippen LogP contribution in [0.25, 0.3) is 0 Å². The first-order chi connectivity index (χ1) is 15.5. The van der Waals surface area contributed by atoms with E-state index in [0.717, 1.165) is 38.3 Å². The molecule has 0 saturated carbocycles. The Morgan fingerprint density at radius 2 is 1.41 bits per heavy atom. The molecule has 1 fully saturated rings. The molecule has 0 radical (unpaired) electrons. The summed E-state index contributed by atoms with van der Waals surface area (Å²) in [6, 6.07) is 26.8. The number of amides is 1. The van der Waals surface area contributed by atoms with E-state index in [0.29, 0.717) is 0 Å². The zero-order chi connectivity index (χ0) is 22.5. The highest BCUT2D eigenvalue weighted by Crippen LogP contribution is 2.33. The first-order valence-corrected chi connectivity index (χ1v) is 11.2. The number of carbonyl (C=O) groups excluding carboxylic acids is 1. The van der Waals surface area contributed by atoms with Crippen LogP contribution < -0.4 is 14.7 Å². The second-order valence-corrected chi connectivity index (χ2v) is 8.55. The largest absolute Gasteiger partial charge is 0.376 e. The lowest BCUT2D eigenvalue weighted by Gasteiger charge is -2.37. The Hall–Kier alpha value is -3.47. The highest BCUT2D eigenvalue weighted by molar-refractivity contribution is 5.94. The molecule has 1 aliphatic rings. The van der Waals surface area contributed by atoms with Crippen molar-refractivity contribution in [1.29, 1.82) is 0 Å². The summed E-state index contributed by atoms with van der Waals surface area (Å²) < 4.78 is 0. The van der Waals surface area contributed by atoms with Crippen molar-refractivity contribution < 1.29 is 4.79 Å². The van der Waals surface area contributed by atoms with Crippen molar-refractivity contribution in [3.05, 3.63) is 90.0 Å². The van der Waals surface area contributed by atoms with Crippen molar-refractivity contribution in [1.82, 2.24) is 4.90 Å². The number of nitrogens with zero attached hydrogens (tertiary/aromatic N) is 4. The van der Waals surface area contributed by atoms with Gasteiger partial charge in [0.25, 0.3) is 5.91 Å². The fourth-order valence-electron chi connectivity index (χ4n) is 4.27. The maximum absolute atomic E-state index is 12.8. The van der Waals surface area contributed by atoms with E-state index in [-0.39, 0.29) is 5.91 Å². The van der Waals surface area contributed by atoms with E-state index in [9.17, 15) is 4.79 Å². The van der Waals surface area contributed by atoms with Crippen molar-refractivity contribution in [3.63, 3.8) is 0 Å². The number of hydrogen-bond donors (Lipinski definition) is 0. The lowest BCUT2D eigenvalue weighted by atomic mass is 10.1. The Morgan fingerprint density at radius 1 is 0.781 bits per heavy atom. The number of benzene rings is 3. The fourth-order valence-corrected chi connectivity index (χ4v) is 4.27. The molecule has 166 valence electrons.